The van der Waals surface area contributed by atoms with Crippen molar-refractivity contribution in [1.82, 2.24) is 9.80 Å². The molecule has 138 valence electrons. The molecule has 1 amide bonds. The van der Waals surface area contributed by atoms with E-state index >= 15 is 0 Å². The van der Waals surface area contributed by atoms with E-state index < -0.39 is 5.97 Å². The van der Waals surface area contributed by atoms with Gasteiger partial charge in [-0.1, -0.05) is 12.1 Å². The van der Waals surface area contributed by atoms with Crippen LogP contribution >= 0.6 is 0 Å². The summed E-state index contributed by atoms with van der Waals surface area (Å²) in [5.41, 5.74) is 0.887. The molecule has 1 aromatic heterocycles. The van der Waals surface area contributed by atoms with Crippen LogP contribution in [0.1, 0.15) is 35.0 Å². The molecule has 1 N–H and O–H groups in total. The summed E-state index contributed by atoms with van der Waals surface area (Å²) in [5.74, 6) is -0.999. The summed E-state index contributed by atoms with van der Waals surface area (Å²) in [6, 6.07) is 9.37. The maximum Gasteiger partial charge on any atom is 0.303 e. The molecule has 0 spiro atoms. The topological polar surface area (TPSA) is 74.0 Å². The molecule has 1 aliphatic rings. The highest BCUT2D eigenvalue weighted by atomic mass is 19.1. The fourth-order valence-corrected chi connectivity index (χ4v) is 3.30. The monoisotopic (exact) mass is 360 g/mol. The van der Waals surface area contributed by atoms with Gasteiger partial charge in [0, 0.05) is 38.6 Å². The van der Waals surface area contributed by atoms with Crippen molar-refractivity contribution >= 4 is 11.9 Å². The fraction of sp³-hybridized carbons (Fsp3) is 0.368. The maximum atomic E-state index is 13.2. The molecule has 1 saturated heterocycles. The predicted molar refractivity (Wildman–Crippen MR) is 92.2 cm³/mol. The smallest absolute Gasteiger partial charge is 0.303 e. The first-order valence-electron chi connectivity index (χ1n) is 8.58. The minimum absolute atomic E-state index is 0.0353. The van der Waals surface area contributed by atoms with Gasteiger partial charge in [-0.2, -0.15) is 0 Å². The Balaban J connectivity index is 1.67. The number of rotatable bonds is 6. The highest BCUT2D eigenvalue weighted by molar-refractivity contribution is 5.91. The molecule has 1 aromatic carbocycles. The van der Waals surface area contributed by atoms with Gasteiger partial charge in [-0.3, -0.25) is 14.5 Å². The Morgan fingerprint density at radius 3 is 2.38 bits per heavy atom. The van der Waals surface area contributed by atoms with Crippen LogP contribution in [0.3, 0.4) is 0 Å². The zero-order valence-corrected chi connectivity index (χ0v) is 14.3. The molecule has 0 radical (unpaired) electrons. The van der Waals surface area contributed by atoms with E-state index in [9.17, 15) is 14.0 Å². The minimum atomic E-state index is -0.858. The Morgan fingerprint density at radius 1 is 1.12 bits per heavy atom. The van der Waals surface area contributed by atoms with Crippen LogP contribution in [0.15, 0.2) is 47.1 Å². The van der Waals surface area contributed by atoms with Crippen molar-refractivity contribution in [3.8, 4) is 0 Å². The van der Waals surface area contributed by atoms with E-state index in [4.69, 9.17) is 9.52 Å². The number of halogens is 1. The summed E-state index contributed by atoms with van der Waals surface area (Å²) in [4.78, 5) is 27.2. The summed E-state index contributed by atoms with van der Waals surface area (Å²) in [6.07, 6.45) is 1.95. The van der Waals surface area contributed by atoms with Crippen molar-refractivity contribution in [2.75, 3.05) is 26.2 Å². The molecule has 0 aliphatic carbocycles. The normalized spacial score (nSPS) is 16.4. The lowest BCUT2D eigenvalue weighted by Gasteiger charge is -2.39. The Labute approximate surface area is 150 Å². The van der Waals surface area contributed by atoms with Gasteiger partial charge in [0.05, 0.1) is 6.26 Å². The summed E-state index contributed by atoms with van der Waals surface area (Å²) in [7, 11) is 0. The molecular formula is C19H21FN2O4. The number of carbonyl (C=O) groups is 2. The molecule has 2 heterocycles. The first-order chi connectivity index (χ1) is 12.5. The van der Waals surface area contributed by atoms with Crippen LogP contribution in [0.4, 0.5) is 4.39 Å². The second kappa shape index (κ2) is 8.14. The first kappa shape index (κ1) is 18.1. The first-order valence-corrected chi connectivity index (χ1v) is 8.58. The van der Waals surface area contributed by atoms with Crippen LogP contribution in [0.25, 0.3) is 0 Å². The number of carboxylic acids is 1. The summed E-state index contributed by atoms with van der Waals surface area (Å²) in [6.45, 7) is 2.30. The molecule has 26 heavy (non-hydrogen) atoms. The minimum Gasteiger partial charge on any atom is -0.481 e. The summed E-state index contributed by atoms with van der Waals surface area (Å²) >= 11 is 0. The van der Waals surface area contributed by atoms with E-state index in [2.05, 4.69) is 4.90 Å². The molecule has 0 saturated carbocycles. The van der Waals surface area contributed by atoms with Crippen LogP contribution < -0.4 is 0 Å². The van der Waals surface area contributed by atoms with Crippen LogP contribution in [0, 0.1) is 5.82 Å². The second-order valence-corrected chi connectivity index (χ2v) is 6.31. The van der Waals surface area contributed by atoms with Crippen LogP contribution in [-0.2, 0) is 4.79 Å². The van der Waals surface area contributed by atoms with Gasteiger partial charge in [-0.25, -0.2) is 4.39 Å². The Morgan fingerprint density at radius 2 is 1.81 bits per heavy atom. The van der Waals surface area contributed by atoms with E-state index in [0.29, 0.717) is 38.4 Å². The second-order valence-electron chi connectivity index (χ2n) is 6.31. The van der Waals surface area contributed by atoms with Crippen molar-refractivity contribution in [3.63, 3.8) is 0 Å². The maximum absolute atomic E-state index is 13.2. The molecule has 0 bridgehead atoms. The van der Waals surface area contributed by atoms with Crippen molar-refractivity contribution in [1.29, 1.82) is 0 Å². The van der Waals surface area contributed by atoms with Gasteiger partial charge in [0.25, 0.3) is 5.91 Å². The van der Waals surface area contributed by atoms with Crippen LogP contribution in [-0.4, -0.2) is 53.0 Å². The third-order valence-corrected chi connectivity index (χ3v) is 4.66. The number of furan rings is 1. The quantitative estimate of drug-likeness (QED) is 0.857. The average Bonchev–Trinajstić information content (AvgIpc) is 3.18. The van der Waals surface area contributed by atoms with Gasteiger partial charge in [0.1, 0.15) is 5.82 Å². The van der Waals surface area contributed by atoms with Gasteiger partial charge in [0.15, 0.2) is 5.76 Å². The van der Waals surface area contributed by atoms with Gasteiger partial charge in [-0.15, -0.1) is 0 Å². The molecule has 1 fully saturated rings. The lowest BCUT2D eigenvalue weighted by molar-refractivity contribution is -0.137. The zero-order valence-electron chi connectivity index (χ0n) is 14.3. The molecule has 1 aliphatic heterocycles. The average molecular weight is 360 g/mol. The number of hydrogen-bond acceptors (Lipinski definition) is 4. The largest absolute Gasteiger partial charge is 0.481 e. The number of piperazine rings is 1. The van der Waals surface area contributed by atoms with Gasteiger partial charge >= 0.3 is 5.97 Å². The van der Waals surface area contributed by atoms with E-state index in [-0.39, 0.29) is 24.2 Å². The van der Waals surface area contributed by atoms with Crippen molar-refractivity contribution in [3.05, 3.63) is 59.8 Å². The van der Waals surface area contributed by atoms with Crippen molar-refractivity contribution in [2.24, 2.45) is 0 Å². The molecule has 7 heteroatoms. The highest BCUT2D eigenvalue weighted by Gasteiger charge is 2.28. The summed E-state index contributed by atoms with van der Waals surface area (Å²) < 4.78 is 18.4. The summed E-state index contributed by atoms with van der Waals surface area (Å²) in [5, 5.41) is 9.03. The number of carbonyl (C=O) groups excluding carboxylic acids is 1. The lowest BCUT2D eigenvalue weighted by Crippen LogP contribution is -2.49. The van der Waals surface area contributed by atoms with E-state index in [0.717, 1.165) is 5.56 Å². The fourth-order valence-electron chi connectivity index (χ4n) is 3.30. The highest BCUT2D eigenvalue weighted by Crippen LogP contribution is 2.27. The number of benzene rings is 1. The molecule has 6 nitrogen and oxygen atoms in total. The number of amides is 1. The Kier molecular flexibility index (Phi) is 5.68. The van der Waals surface area contributed by atoms with E-state index in [1.807, 2.05) is 0 Å². The SMILES string of the molecule is O=C(O)CC[C@H](c1ccc(F)cc1)N1CCN(C(=O)c2ccco2)CC1. The lowest BCUT2D eigenvalue weighted by atomic mass is 9.99. The number of carboxylic acid groups (broad SMARTS) is 1. The zero-order chi connectivity index (χ0) is 18.5. The van der Waals surface area contributed by atoms with E-state index in [1.54, 1.807) is 29.2 Å². The molecular weight excluding hydrogens is 339 g/mol. The third kappa shape index (κ3) is 4.29. The molecule has 2 aromatic rings. The number of aliphatic carboxylic acids is 1. The van der Waals surface area contributed by atoms with E-state index in [1.165, 1.54) is 18.4 Å². The molecule has 3 rings (SSSR count). The standard InChI is InChI=1S/C19H21FN2O4/c20-15-5-3-14(4-6-15)16(7-8-18(23)24)21-9-11-22(12-10-21)19(25)17-2-1-13-26-17/h1-6,13,16H,7-12H2,(H,23,24)/t16-/m1/s1. The van der Waals surface area contributed by atoms with Gasteiger partial charge < -0.3 is 14.4 Å². The van der Waals surface area contributed by atoms with Crippen molar-refractivity contribution < 1.29 is 23.5 Å². The Bertz CT molecular complexity index is 737. The van der Waals surface area contributed by atoms with Gasteiger partial charge in [-0.05, 0) is 36.2 Å². The van der Waals surface area contributed by atoms with Crippen LogP contribution in [0.5, 0.6) is 0 Å². The number of nitrogens with zero attached hydrogens (tertiary/aromatic N) is 2. The number of hydrogen-bond donors (Lipinski definition) is 1. The molecule has 0 unspecified atom stereocenters. The predicted octanol–water partition coefficient (Wildman–Crippen LogP) is 2.78. The third-order valence-electron chi connectivity index (χ3n) is 4.66. The van der Waals surface area contributed by atoms with Gasteiger partial charge in [0.2, 0.25) is 0 Å². The van der Waals surface area contributed by atoms with Crippen LogP contribution in [0.2, 0.25) is 0 Å². The molecule has 1 atom stereocenters. The van der Waals surface area contributed by atoms with Crippen molar-refractivity contribution in [2.45, 2.75) is 18.9 Å². The Hall–Kier alpha value is -2.67.